The van der Waals surface area contributed by atoms with E-state index in [-0.39, 0.29) is 18.6 Å². The topological polar surface area (TPSA) is 207 Å². The molecule has 0 bridgehead atoms. The number of aliphatic carboxylic acids is 1. The van der Waals surface area contributed by atoms with Gasteiger partial charge in [0, 0.05) is 23.5 Å². The highest BCUT2D eigenvalue weighted by Crippen LogP contribution is 2.19. The lowest BCUT2D eigenvalue weighted by Gasteiger charge is -2.23. The van der Waals surface area contributed by atoms with Gasteiger partial charge in [0.1, 0.15) is 24.4 Å². The van der Waals surface area contributed by atoms with E-state index >= 15 is 0 Å². The van der Waals surface area contributed by atoms with Crippen molar-refractivity contribution in [2.75, 3.05) is 13.2 Å². The number of benzene rings is 2. The van der Waals surface area contributed by atoms with E-state index in [0.29, 0.717) is 11.1 Å². The first-order valence-electron chi connectivity index (χ1n) is 11.5. The highest BCUT2D eigenvalue weighted by atomic mass is 16.4. The van der Waals surface area contributed by atoms with Crippen molar-refractivity contribution in [1.29, 1.82) is 0 Å². The maximum atomic E-state index is 12.9. The fraction of sp³-hybridized carbons (Fsp3) is 0.280. The molecule has 0 fully saturated rings. The van der Waals surface area contributed by atoms with Crippen LogP contribution in [-0.2, 0) is 32.0 Å². The number of carbonyl (C=O) groups excluding carboxylic acids is 3. The summed E-state index contributed by atoms with van der Waals surface area (Å²) in [5, 5.41) is 36.0. The molecule has 0 radical (unpaired) electrons. The number of fused-ring (bicyclic) bond motifs is 1. The number of nitrogens with two attached hydrogens (primary N) is 1. The van der Waals surface area contributed by atoms with Gasteiger partial charge >= 0.3 is 5.97 Å². The molecule has 12 heteroatoms. The fourth-order valence-electron chi connectivity index (χ4n) is 3.74. The summed E-state index contributed by atoms with van der Waals surface area (Å²) < 4.78 is 0. The van der Waals surface area contributed by atoms with Gasteiger partial charge in [-0.3, -0.25) is 19.2 Å². The normalized spacial score (nSPS) is 13.4. The van der Waals surface area contributed by atoms with Crippen LogP contribution in [0.15, 0.2) is 54.7 Å². The molecule has 3 amide bonds. The van der Waals surface area contributed by atoms with E-state index in [4.69, 9.17) is 10.8 Å². The highest BCUT2D eigenvalue weighted by Gasteiger charge is 2.28. The second-order valence-electron chi connectivity index (χ2n) is 8.46. The molecule has 0 spiro atoms. The van der Waals surface area contributed by atoms with E-state index in [1.54, 1.807) is 18.3 Å². The van der Waals surface area contributed by atoms with E-state index in [1.807, 2.05) is 24.3 Å². The monoisotopic (exact) mass is 511 g/mol. The minimum Gasteiger partial charge on any atom is -0.508 e. The van der Waals surface area contributed by atoms with Gasteiger partial charge in [0.05, 0.1) is 12.6 Å². The number of carbonyl (C=O) groups is 4. The lowest BCUT2D eigenvalue weighted by Crippen LogP contribution is -2.57. The summed E-state index contributed by atoms with van der Waals surface area (Å²) in [6.07, 6.45) is 1.82. The summed E-state index contributed by atoms with van der Waals surface area (Å²) in [5.41, 5.74) is 8.14. The van der Waals surface area contributed by atoms with Crippen LogP contribution in [0.5, 0.6) is 5.75 Å². The predicted molar refractivity (Wildman–Crippen MR) is 133 cm³/mol. The lowest BCUT2D eigenvalue weighted by molar-refractivity contribution is -0.138. The third-order valence-electron chi connectivity index (χ3n) is 5.69. The molecule has 0 saturated heterocycles. The first-order valence-corrected chi connectivity index (χ1v) is 11.5. The predicted octanol–water partition coefficient (Wildman–Crippen LogP) is -0.851. The van der Waals surface area contributed by atoms with Crippen molar-refractivity contribution < 1.29 is 34.5 Å². The van der Waals surface area contributed by atoms with Crippen molar-refractivity contribution in [3.8, 4) is 5.75 Å². The number of aromatic nitrogens is 1. The molecule has 0 saturated carbocycles. The van der Waals surface area contributed by atoms with Crippen molar-refractivity contribution >= 4 is 34.6 Å². The van der Waals surface area contributed by atoms with Crippen molar-refractivity contribution in [2.45, 2.75) is 31.0 Å². The molecule has 3 aromatic rings. The zero-order chi connectivity index (χ0) is 26.9. The van der Waals surface area contributed by atoms with Crippen LogP contribution < -0.4 is 21.7 Å². The largest absolute Gasteiger partial charge is 0.508 e. The number of rotatable bonds is 12. The number of phenolic OH excluding ortho intramolecular Hbond substituents is 1. The van der Waals surface area contributed by atoms with Crippen molar-refractivity contribution in [1.82, 2.24) is 20.9 Å². The van der Waals surface area contributed by atoms with Crippen molar-refractivity contribution in [3.63, 3.8) is 0 Å². The number of hydrogen-bond acceptors (Lipinski definition) is 7. The molecular weight excluding hydrogens is 482 g/mol. The number of phenols is 1. The molecule has 3 atom stereocenters. The van der Waals surface area contributed by atoms with Gasteiger partial charge in [0.25, 0.3) is 0 Å². The fourth-order valence-corrected chi connectivity index (χ4v) is 3.74. The third-order valence-corrected chi connectivity index (χ3v) is 5.69. The van der Waals surface area contributed by atoms with Gasteiger partial charge < -0.3 is 42.0 Å². The average Bonchev–Trinajstić information content (AvgIpc) is 3.29. The van der Waals surface area contributed by atoms with E-state index in [9.17, 15) is 29.4 Å². The summed E-state index contributed by atoms with van der Waals surface area (Å²) in [7, 11) is 0. The zero-order valence-corrected chi connectivity index (χ0v) is 19.8. The number of nitrogens with one attached hydrogen (secondary N) is 4. The smallest absolute Gasteiger partial charge is 0.322 e. The number of amides is 3. The number of para-hydroxylation sites is 1. The second kappa shape index (κ2) is 12.5. The molecular formula is C25H29N5O7. The molecule has 196 valence electrons. The van der Waals surface area contributed by atoms with E-state index < -0.39 is 55.0 Å². The van der Waals surface area contributed by atoms with Gasteiger partial charge in [-0.1, -0.05) is 30.3 Å². The average molecular weight is 512 g/mol. The standard InChI is InChI=1S/C25H29N5O7/c26-18(9-14-5-7-16(32)8-6-14)23(35)30-21(13-31)25(37)29-20(24(36)28-12-22(33)34)10-15-11-27-19-4-2-1-3-17(15)19/h1-8,11,18,20-21,27,31-32H,9-10,12-13,26H2,(H,28,36)(H,29,37)(H,30,35)(H,33,34). The van der Waals surface area contributed by atoms with E-state index in [2.05, 4.69) is 20.9 Å². The van der Waals surface area contributed by atoms with Crippen LogP contribution in [0.25, 0.3) is 10.9 Å². The Bertz CT molecular complexity index is 1260. The number of aliphatic hydroxyl groups excluding tert-OH is 1. The van der Waals surface area contributed by atoms with Gasteiger partial charge in [-0.25, -0.2) is 0 Å². The first kappa shape index (κ1) is 27.2. The molecule has 12 nitrogen and oxygen atoms in total. The van der Waals surface area contributed by atoms with Gasteiger partial charge in [0.15, 0.2) is 0 Å². The SMILES string of the molecule is NC(Cc1ccc(O)cc1)C(=O)NC(CO)C(=O)NC(Cc1c[nH]c2ccccc12)C(=O)NCC(=O)O. The number of aromatic hydroxyl groups is 1. The highest BCUT2D eigenvalue weighted by molar-refractivity contribution is 5.94. The third kappa shape index (κ3) is 7.53. The molecule has 3 rings (SSSR count). The van der Waals surface area contributed by atoms with Crippen LogP contribution in [0.3, 0.4) is 0 Å². The number of aromatic amines is 1. The quantitative estimate of drug-likeness (QED) is 0.153. The van der Waals surface area contributed by atoms with Crippen LogP contribution in [0, 0.1) is 0 Å². The minimum atomic E-state index is -1.41. The van der Waals surface area contributed by atoms with Gasteiger partial charge in [-0.2, -0.15) is 0 Å². The summed E-state index contributed by atoms with van der Waals surface area (Å²) in [6.45, 7) is -1.41. The van der Waals surface area contributed by atoms with Crippen LogP contribution in [0.1, 0.15) is 11.1 Å². The maximum Gasteiger partial charge on any atom is 0.322 e. The van der Waals surface area contributed by atoms with E-state index in [1.165, 1.54) is 12.1 Å². The summed E-state index contributed by atoms with van der Waals surface area (Å²) in [5.74, 6) is -3.48. The molecule has 1 aromatic heterocycles. The number of H-pyrrole nitrogens is 1. The molecule has 3 unspecified atom stereocenters. The number of carboxylic acids is 1. The van der Waals surface area contributed by atoms with E-state index in [0.717, 1.165) is 10.9 Å². The first-order chi connectivity index (χ1) is 17.7. The van der Waals surface area contributed by atoms with Crippen molar-refractivity contribution in [2.24, 2.45) is 5.73 Å². The van der Waals surface area contributed by atoms with Gasteiger partial charge in [-0.05, 0) is 35.7 Å². The molecule has 1 heterocycles. The van der Waals surface area contributed by atoms with Gasteiger partial charge in [-0.15, -0.1) is 0 Å². The number of aliphatic hydroxyl groups is 1. The Morgan fingerprint density at radius 1 is 0.892 bits per heavy atom. The Balaban J connectivity index is 1.69. The zero-order valence-electron chi connectivity index (χ0n) is 19.8. The Morgan fingerprint density at radius 3 is 2.24 bits per heavy atom. The molecule has 9 N–H and O–H groups in total. The molecule has 37 heavy (non-hydrogen) atoms. The van der Waals surface area contributed by atoms with Crippen LogP contribution in [0.4, 0.5) is 0 Å². The number of hydrogen-bond donors (Lipinski definition) is 8. The second-order valence-corrected chi connectivity index (χ2v) is 8.46. The molecule has 2 aromatic carbocycles. The maximum absolute atomic E-state index is 12.9. The minimum absolute atomic E-state index is 0.0215. The van der Waals surface area contributed by atoms with Crippen molar-refractivity contribution in [3.05, 3.63) is 65.9 Å². The van der Waals surface area contributed by atoms with Crippen LogP contribution in [-0.4, -0.2) is 75.3 Å². The van der Waals surface area contributed by atoms with Crippen LogP contribution in [0.2, 0.25) is 0 Å². The summed E-state index contributed by atoms with van der Waals surface area (Å²) in [6, 6.07) is 9.79. The Kier molecular flexibility index (Phi) is 9.19. The molecule has 0 aliphatic rings. The molecule has 0 aliphatic carbocycles. The Labute approximate surface area is 211 Å². The Morgan fingerprint density at radius 2 is 1.57 bits per heavy atom. The molecule has 0 aliphatic heterocycles. The summed E-state index contributed by atoms with van der Waals surface area (Å²) >= 11 is 0. The van der Waals surface area contributed by atoms with Crippen LogP contribution >= 0.6 is 0 Å². The lowest BCUT2D eigenvalue weighted by atomic mass is 10.0. The Hall–Kier alpha value is -4.42. The number of carboxylic acid groups (broad SMARTS) is 1. The summed E-state index contributed by atoms with van der Waals surface area (Å²) in [4.78, 5) is 52.2. The van der Waals surface area contributed by atoms with Gasteiger partial charge in [0.2, 0.25) is 17.7 Å².